The summed E-state index contributed by atoms with van der Waals surface area (Å²) in [6.07, 6.45) is -3.43. The van der Waals surface area contributed by atoms with Crippen LogP contribution < -0.4 is 4.90 Å². The first kappa shape index (κ1) is 15.8. The third kappa shape index (κ3) is 4.01. The Labute approximate surface area is 133 Å². The van der Waals surface area contributed by atoms with Gasteiger partial charge in [0.15, 0.2) is 0 Å². The number of nitrogens with zero attached hydrogens (tertiary/aromatic N) is 3. The quantitative estimate of drug-likeness (QED) is 0.863. The Morgan fingerprint density at radius 1 is 0.913 bits per heavy atom. The predicted molar refractivity (Wildman–Crippen MR) is 83.2 cm³/mol. The van der Waals surface area contributed by atoms with Gasteiger partial charge in [-0.1, -0.05) is 30.3 Å². The van der Waals surface area contributed by atoms with Gasteiger partial charge < -0.3 is 4.90 Å². The second-order valence-electron chi connectivity index (χ2n) is 5.65. The highest BCUT2D eigenvalue weighted by atomic mass is 19.4. The summed E-state index contributed by atoms with van der Waals surface area (Å²) in [5.74, 6) is 0.609. The minimum atomic E-state index is -4.33. The molecule has 1 saturated heterocycles. The van der Waals surface area contributed by atoms with Gasteiger partial charge in [-0.15, -0.1) is 0 Å². The lowest BCUT2D eigenvalue weighted by Gasteiger charge is -2.35. The maximum absolute atomic E-state index is 12.6. The van der Waals surface area contributed by atoms with Crippen LogP contribution in [0.5, 0.6) is 0 Å². The molecule has 1 aliphatic heterocycles. The summed E-state index contributed by atoms with van der Waals surface area (Å²) in [4.78, 5) is 8.34. The van der Waals surface area contributed by atoms with Crippen LogP contribution >= 0.6 is 0 Å². The summed E-state index contributed by atoms with van der Waals surface area (Å²) in [5, 5.41) is 0. The van der Waals surface area contributed by atoms with Gasteiger partial charge in [-0.3, -0.25) is 4.90 Å². The third-order valence-corrected chi connectivity index (χ3v) is 4.02. The van der Waals surface area contributed by atoms with Gasteiger partial charge in [-0.2, -0.15) is 13.2 Å². The van der Waals surface area contributed by atoms with Crippen LogP contribution in [0.3, 0.4) is 0 Å². The molecule has 0 saturated carbocycles. The zero-order valence-electron chi connectivity index (χ0n) is 12.6. The van der Waals surface area contributed by atoms with Crippen LogP contribution in [0.2, 0.25) is 0 Å². The number of benzene rings is 1. The van der Waals surface area contributed by atoms with E-state index in [4.69, 9.17) is 0 Å². The zero-order valence-corrected chi connectivity index (χ0v) is 12.6. The summed E-state index contributed by atoms with van der Waals surface area (Å²) < 4.78 is 37.7. The number of hydrogen-bond acceptors (Lipinski definition) is 3. The molecule has 1 aromatic carbocycles. The Morgan fingerprint density at radius 3 is 2.17 bits per heavy atom. The molecule has 1 fully saturated rings. The molecule has 0 spiro atoms. The van der Waals surface area contributed by atoms with Gasteiger partial charge in [0.1, 0.15) is 5.82 Å². The number of rotatable bonds is 3. The number of halogens is 3. The van der Waals surface area contributed by atoms with Crippen LogP contribution in [0.15, 0.2) is 48.7 Å². The summed E-state index contributed by atoms with van der Waals surface area (Å²) in [7, 11) is 0. The van der Waals surface area contributed by atoms with Crippen molar-refractivity contribution < 1.29 is 13.2 Å². The topological polar surface area (TPSA) is 19.4 Å². The molecule has 1 aliphatic rings. The predicted octanol–water partition coefficient (Wildman–Crippen LogP) is 3.42. The van der Waals surface area contributed by atoms with Crippen molar-refractivity contribution in [2.75, 3.05) is 31.1 Å². The first-order chi connectivity index (χ1) is 11.0. The molecular formula is C17H18F3N3. The van der Waals surface area contributed by atoms with Gasteiger partial charge in [0.05, 0.1) is 5.56 Å². The first-order valence-corrected chi connectivity index (χ1v) is 7.57. The molecule has 23 heavy (non-hydrogen) atoms. The van der Waals surface area contributed by atoms with Crippen molar-refractivity contribution in [3.05, 3.63) is 59.8 Å². The fourth-order valence-corrected chi connectivity index (χ4v) is 2.72. The van der Waals surface area contributed by atoms with Crippen molar-refractivity contribution in [3.63, 3.8) is 0 Å². The van der Waals surface area contributed by atoms with Crippen LogP contribution in [-0.4, -0.2) is 36.1 Å². The fraction of sp³-hybridized carbons (Fsp3) is 0.353. The summed E-state index contributed by atoms with van der Waals surface area (Å²) in [6, 6.07) is 12.8. The molecule has 0 aliphatic carbocycles. The molecular weight excluding hydrogens is 303 g/mol. The number of piperazine rings is 1. The highest BCUT2D eigenvalue weighted by Crippen LogP contribution is 2.29. The van der Waals surface area contributed by atoms with Crippen LogP contribution in [0.25, 0.3) is 0 Å². The van der Waals surface area contributed by atoms with Crippen LogP contribution in [0.4, 0.5) is 19.0 Å². The van der Waals surface area contributed by atoms with E-state index in [1.54, 1.807) is 0 Å². The monoisotopic (exact) mass is 321 g/mol. The third-order valence-electron chi connectivity index (χ3n) is 4.02. The Morgan fingerprint density at radius 2 is 1.61 bits per heavy atom. The molecule has 3 nitrogen and oxygen atoms in total. The fourth-order valence-electron chi connectivity index (χ4n) is 2.72. The van der Waals surface area contributed by atoms with Gasteiger partial charge in [-0.05, 0) is 17.7 Å². The summed E-state index contributed by atoms with van der Waals surface area (Å²) in [5.41, 5.74) is 0.567. The molecule has 0 atom stereocenters. The van der Waals surface area contributed by atoms with E-state index in [0.717, 1.165) is 45.0 Å². The minimum absolute atomic E-state index is 0.609. The Hall–Kier alpha value is -2.08. The number of pyridine rings is 1. The van der Waals surface area contributed by atoms with Gasteiger partial charge >= 0.3 is 6.18 Å². The zero-order chi connectivity index (χ0) is 16.3. The molecule has 0 N–H and O–H groups in total. The number of aromatic nitrogens is 1. The number of hydrogen-bond donors (Lipinski definition) is 0. The van der Waals surface area contributed by atoms with Crippen LogP contribution in [-0.2, 0) is 12.7 Å². The van der Waals surface area contributed by atoms with Crippen molar-refractivity contribution in [2.24, 2.45) is 0 Å². The van der Waals surface area contributed by atoms with Crippen molar-refractivity contribution in [1.82, 2.24) is 9.88 Å². The molecule has 0 unspecified atom stereocenters. The van der Waals surface area contributed by atoms with Crippen LogP contribution in [0.1, 0.15) is 11.1 Å². The van der Waals surface area contributed by atoms with E-state index >= 15 is 0 Å². The van der Waals surface area contributed by atoms with Crippen molar-refractivity contribution in [2.45, 2.75) is 12.7 Å². The average molecular weight is 321 g/mol. The van der Waals surface area contributed by atoms with E-state index < -0.39 is 11.7 Å². The maximum Gasteiger partial charge on any atom is 0.417 e. The highest BCUT2D eigenvalue weighted by Gasteiger charge is 2.31. The molecule has 2 heterocycles. The molecule has 2 aromatic rings. The molecule has 0 bridgehead atoms. The first-order valence-electron chi connectivity index (χ1n) is 7.57. The second-order valence-corrected chi connectivity index (χ2v) is 5.65. The van der Waals surface area contributed by atoms with Gasteiger partial charge in [0.2, 0.25) is 0 Å². The van der Waals surface area contributed by atoms with Crippen molar-refractivity contribution in [1.29, 1.82) is 0 Å². The second kappa shape index (κ2) is 6.58. The molecule has 6 heteroatoms. The summed E-state index contributed by atoms with van der Waals surface area (Å²) >= 11 is 0. The van der Waals surface area contributed by atoms with E-state index in [9.17, 15) is 13.2 Å². The normalized spacial score (nSPS) is 16.6. The van der Waals surface area contributed by atoms with E-state index in [0.29, 0.717) is 5.82 Å². The van der Waals surface area contributed by atoms with Crippen LogP contribution in [0, 0.1) is 0 Å². The number of alkyl halides is 3. The Balaban J connectivity index is 1.56. The van der Waals surface area contributed by atoms with Gasteiger partial charge in [-0.25, -0.2) is 4.98 Å². The molecule has 0 amide bonds. The lowest BCUT2D eigenvalue weighted by Crippen LogP contribution is -2.46. The lowest BCUT2D eigenvalue weighted by molar-refractivity contribution is -0.137. The Kier molecular flexibility index (Phi) is 4.52. The lowest BCUT2D eigenvalue weighted by atomic mass is 10.2. The highest BCUT2D eigenvalue weighted by molar-refractivity contribution is 5.40. The minimum Gasteiger partial charge on any atom is -0.354 e. The number of anilines is 1. The molecule has 122 valence electrons. The van der Waals surface area contributed by atoms with Gasteiger partial charge in [0, 0.05) is 38.9 Å². The van der Waals surface area contributed by atoms with Crippen molar-refractivity contribution >= 4 is 5.82 Å². The average Bonchev–Trinajstić information content (AvgIpc) is 2.56. The molecule has 1 aromatic heterocycles. The largest absolute Gasteiger partial charge is 0.417 e. The summed E-state index contributed by atoms with van der Waals surface area (Å²) in [6.45, 7) is 4.18. The van der Waals surface area contributed by atoms with E-state index in [-0.39, 0.29) is 0 Å². The van der Waals surface area contributed by atoms with Gasteiger partial charge in [0.25, 0.3) is 0 Å². The Bertz CT molecular complexity index is 618. The SMILES string of the molecule is FC(F)(F)c1ccc(N2CCN(Cc3ccccc3)CC2)nc1. The van der Waals surface area contributed by atoms with E-state index in [2.05, 4.69) is 22.0 Å². The maximum atomic E-state index is 12.6. The molecule has 3 rings (SSSR count). The van der Waals surface area contributed by atoms with E-state index in [1.165, 1.54) is 11.6 Å². The van der Waals surface area contributed by atoms with Crippen molar-refractivity contribution in [3.8, 4) is 0 Å². The molecule has 0 radical (unpaired) electrons. The van der Waals surface area contributed by atoms with E-state index in [1.807, 2.05) is 23.1 Å². The standard InChI is InChI=1S/C17H18F3N3/c18-17(19,20)15-6-7-16(21-12-15)23-10-8-22(9-11-23)13-14-4-2-1-3-5-14/h1-7,12H,8-11,13H2. The smallest absolute Gasteiger partial charge is 0.354 e.